The first-order chi connectivity index (χ1) is 17.8. The first kappa shape index (κ1) is 26.2. The summed E-state index contributed by atoms with van der Waals surface area (Å²) in [6, 6.07) is 6.05. The molecule has 1 aromatic carbocycles. The third-order valence-electron chi connectivity index (χ3n) is 8.82. The fourth-order valence-corrected chi connectivity index (χ4v) is 6.82. The summed E-state index contributed by atoms with van der Waals surface area (Å²) < 4.78 is 11.6. The predicted octanol–water partition coefficient (Wildman–Crippen LogP) is 3.41. The number of hydrogen-bond donors (Lipinski definition) is 2. The topological polar surface area (TPSA) is 97.0 Å². The maximum Gasteiger partial charge on any atom is 0.246 e. The van der Waals surface area contributed by atoms with E-state index in [0.29, 0.717) is 42.1 Å². The van der Waals surface area contributed by atoms with Crippen LogP contribution < -0.4 is 10.6 Å². The zero-order valence-electron chi connectivity index (χ0n) is 21.6. The lowest BCUT2D eigenvalue weighted by Gasteiger charge is -2.38. The van der Waals surface area contributed by atoms with Gasteiger partial charge in [-0.3, -0.25) is 14.4 Å². The van der Waals surface area contributed by atoms with Crippen LogP contribution >= 0.6 is 11.6 Å². The summed E-state index contributed by atoms with van der Waals surface area (Å²) in [5.74, 6) is -1.36. The fourth-order valence-electron chi connectivity index (χ4n) is 6.69. The maximum atomic E-state index is 13.9. The van der Waals surface area contributed by atoms with Crippen molar-refractivity contribution >= 4 is 35.0 Å². The predicted molar refractivity (Wildman–Crippen MR) is 140 cm³/mol. The molecule has 2 bridgehead atoms. The van der Waals surface area contributed by atoms with Crippen molar-refractivity contribution < 1.29 is 23.9 Å². The van der Waals surface area contributed by atoms with Gasteiger partial charge < -0.3 is 25.0 Å². The van der Waals surface area contributed by atoms with Crippen LogP contribution in [0.3, 0.4) is 0 Å². The summed E-state index contributed by atoms with van der Waals surface area (Å²) in [6.07, 6.45) is 6.84. The van der Waals surface area contributed by atoms with Gasteiger partial charge in [-0.15, -0.1) is 0 Å². The molecule has 200 valence electrons. The number of carbonyl (C=O) groups is 3. The smallest absolute Gasteiger partial charge is 0.246 e. The summed E-state index contributed by atoms with van der Waals surface area (Å²) >= 11 is 5.98. The Kier molecular flexibility index (Phi) is 7.35. The lowest BCUT2D eigenvalue weighted by Crippen LogP contribution is -2.58. The van der Waals surface area contributed by atoms with E-state index in [0.717, 1.165) is 19.3 Å². The van der Waals surface area contributed by atoms with Crippen molar-refractivity contribution in [3.63, 3.8) is 0 Å². The molecule has 9 heteroatoms. The SMILES string of the molecule is COCCCN1C(=O)[C@H]2[C@H](C(=O)Nc3ccc(Cl)cc3)[C@H]3C=C[C@@]2(O3)[C@@H]1C(=O)N[C@@H]1CCC[C@@H](C)[C@@H]1C. The molecular formula is C28H36ClN3O5. The lowest BCUT2D eigenvalue weighted by atomic mass is 9.73. The molecule has 3 fully saturated rings. The molecule has 37 heavy (non-hydrogen) atoms. The van der Waals surface area contributed by atoms with E-state index >= 15 is 0 Å². The zero-order chi connectivity index (χ0) is 26.3. The molecule has 3 amide bonds. The van der Waals surface area contributed by atoms with E-state index in [1.165, 1.54) is 0 Å². The van der Waals surface area contributed by atoms with Crippen LogP contribution in [0.15, 0.2) is 36.4 Å². The second-order valence-corrected chi connectivity index (χ2v) is 11.4. The highest BCUT2D eigenvalue weighted by Gasteiger charge is 2.72. The molecule has 2 N–H and O–H groups in total. The lowest BCUT2D eigenvalue weighted by molar-refractivity contribution is -0.141. The average molecular weight is 530 g/mol. The van der Waals surface area contributed by atoms with Gasteiger partial charge in [0.05, 0.1) is 17.9 Å². The molecule has 8 nitrogen and oxygen atoms in total. The molecule has 1 spiro atoms. The summed E-state index contributed by atoms with van der Waals surface area (Å²) in [5.41, 5.74) is -0.572. The molecule has 8 atom stereocenters. The van der Waals surface area contributed by atoms with Crippen molar-refractivity contribution in [1.29, 1.82) is 0 Å². The van der Waals surface area contributed by atoms with E-state index in [-0.39, 0.29) is 23.8 Å². The zero-order valence-corrected chi connectivity index (χ0v) is 22.4. The number of halogens is 1. The number of amides is 3. The Balaban J connectivity index is 1.42. The fraction of sp³-hybridized carbons (Fsp3) is 0.607. The Morgan fingerprint density at radius 3 is 2.68 bits per heavy atom. The molecule has 3 aliphatic heterocycles. The van der Waals surface area contributed by atoms with Gasteiger partial charge in [-0.2, -0.15) is 0 Å². The van der Waals surface area contributed by atoms with E-state index in [4.69, 9.17) is 21.1 Å². The molecule has 4 aliphatic rings. The van der Waals surface area contributed by atoms with Crippen molar-refractivity contribution in [2.24, 2.45) is 23.7 Å². The summed E-state index contributed by atoms with van der Waals surface area (Å²) in [5, 5.41) is 6.75. The van der Waals surface area contributed by atoms with Crippen LogP contribution in [-0.4, -0.2) is 66.7 Å². The Morgan fingerprint density at radius 2 is 1.95 bits per heavy atom. The number of rotatable bonds is 8. The largest absolute Gasteiger partial charge is 0.385 e. The quantitative estimate of drug-likeness (QED) is 0.397. The van der Waals surface area contributed by atoms with E-state index < -0.39 is 29.6 Å². The van der Waals surface area contributed by atoms with E-state index in [1.807, 2.05) is 12.2 Å². The van der Waals surface area contributed by atoms with Crippen molar-refractivity contribution in [2.45, 2.75) is 63.3 Å². The highest BCUT2D eigenvalue weighted by Crippen LogP contribution is 2.55. The molecule has 0 unspecified atom stereocenters. The molecule has 2 saturated heterocycles. The number of ether oxygens (including phenoxy) is 2. The Bertz CT molecular complexity index is 1080. The van der Waals surface area contributed by atoms with E-state index in [1.54, 1.807) is 36.3 Å². The minimum absolute atomic E-state index is 0.0502. The number of carbonyl (C=O) groups excluding carboxylic acids is 3. The van der Waals surface area contributed by atoms with Crippen molar-refractivity contribution in [3.8, 4) is 0 Å². The van der Waals surface area contributed by atoms with E-state index in [9.17, 15) is 14.4 Å². The minimum atomic E-state index is -1.16. The van der Waals surface area contributed by atoms with Gasteiger partial charge >= 0.3 is 0 Å². The number of fused-ring (bicyclic) bond motifs is 1. The highest BCUT2D eigenvalue weighted by molar-refractivity contribution is 6.30. The van der Waals surface area contributed by atoms with Crippen LogP contribution in [0.1, 0.15) is 39.5 Å². The number of methoxy groups -OCH3 is 1. The molecule has 0 aromatic heterocycles. The van der Waals surface area contributed by atoms with Gasteiger partial charge in [-0.05, 0) is 48.9 Å². The monoisotopic (exact) mass is 529 g/mol. The number of nitrogens with zero attached hydrogens (tertiary/aromatic N) is 1. The molecule has 0 radical (unpaired) electrons. The number of benzene rings is 1. The average Bonchev–Trinajstić information content (AvgIpc) is 3.51. The molecule has 1 aromatic rings. The van der Waals surface area contributed by atoms with Gasteiger partial charge in [-0.25, -0.2) is 0 Å². The van der Waals surface area contributed by atoms with Gasteiger partial charge in [0.25, 0.3) is 0 Å². The van der Waals surface area contributed by atoms with Gasteiger partial charge in [0.1, 0.15) is 11.6 Å². The van der Waals surface area contributed by atoms with Crippen molar-refractivity contribution in [3.05, 3.63) is 41.4 Å². The van der Waals surface area contributed by atoms with Crippen LogP contribution in [0.4, 0.5) is 5.69 Å². The van der Waals surface area contributed by atoms with E-state index in [2.05, 4.69) is 24.5 Å². The van der Waals surface area contributed by atoms with Gasteiger partial charge in [0, 0.05) is 37.0 Å². The van der Waals surface area contributed by atoms with Crippen LogP contribution in [0.25, 0.3) is 0 Å². The van der Waals surface area contributed by atoms with Crippen molar-refractivity contribution in [2.75, 3.05) is 25.6 Å². The summed E-state index contributed by atoms with van der Waals surface area (Å²) in [6.45, 7) is 5.22. The van der Waals surface area contributed by atoms with Gasteiger partial charge in [0.2, 0.25) is 17.7 Å². The number of anilines is 1. The summed E-state index contributed by atoms with van der Waals surface area (Å²) in [7, 11) is 1.61. The third kappa shape index (κ3) is 4.57. The normalized spacial score (nSPS) is 36.1. The molecule has 1 aliphatic carbocycles. The van der Waals surface area contributed by atoms with Gasteiger partial charge in [-0.1, -0.05) is 50.4 Å². The first-order valence-electron chi connectivity index (χ1n) is 13.3. The van der Waals surface area contributed by atoms with Crippen LogP contribution in [0.5, 0.6) is 0 Å². The molecule has 5 rings (SSSR count). The van der Waals surface area contributed by atoms with Gasteiger partial charge in [0.15, 0.2) is 0 Å². The number of hydrogen-bond acceptors (Lipinski definition) is 5. The second-order valence-electron chi connectivity index (χ2n) is 11.0. The Labute approximate surface area is 223 Å². The summed E-state index contributed by atoms with van der Waals surface area (Å²) in [4.78, 5) is 42.9. The first-order valence-corrected chi connectivity index (χ1v) is 13.7. The van der Waals surface area contributed by atoms with Crippen LogP contribution in [0.2, 0.25) is 5.02 Å². The van der Waals surface area contributed by atoms with Crippen molar-refractivity contribution in [1.82, 2.24) is 10.2 Å². The maximum absolute atomic E-state index is 13.9. The third-order valence-corrected chi connectivity index (χ3v) is 9.07. The Morgan fingerprint density at radius 1 is 1.19 bits per heavy atom. The minimum Gasteiger partial charge on any atom is -0.385 e. The Hall–Kier alpha value is -2.42. The standard InChI is InChI=1S/C28H36ClN3O5/c1-16-6-4-7-20(17(16)2)31-26(34)24-28-13-12-21(37-28)22(23(28)27(35)32(24)14-5-15-36-3)25(33)30-19-10-8-18(29)9-11-19/h8-13,16-17,20-24H,4-7,14-15H2,1-3H3,(H,30,33)(H,31,34)/t16-,17+,20-,21-,22-,23-,24+,28+/m1/s1. The number of nitrogens with one attached hydrogen (secondary N) is 2. The van der Waals surface area contributed by atoms with Crippen LogP contribution in [0, 0.1) is 23.7 Å². The number of likely N-dealkylation sites (tertiary alicyclic amines) is 1. The molecule has 3 heterocycles. The van der Waals surface area contributed by atoms with Crippen LogP contribution in [-0.2, 0) is 23.9 Å². The second kappa shape index (κ2) is 10.4. The molecular weight excluding hydrogens is 494 g/mol. The highest BCUT2D eigenvalue weighted by atomic mass is 35.5. The molecule has 1 saturated carbocycles.